The first-order chi connectivity index (χ1) is 19.2. The van der Waals surface area contributed by atoms with Gasteiger partial charge in [-0.05, 0) is 49.3 Å². The van der Waals surface area contributed by atoms with E-state index in [1.165, 1.54) is 6.92 Å². The van der Waals surface area contributed by atoms with Crippen molar-refractivity contribution in [2.75, 3.05) is 6.54 Å². The highest BCUT2D eigenvalue weighted by atomic mass is 35.5. The minimum absolute atomic E-state index is 0.0304. The van der Waals surface area contributed by atoms with Crippen LogP contribution in [0.4, 0.5) is 35.1 Å². The van der Waals surface area contributed by atoms with Crippen LogP contribution in [0.1, 0.15) is 61.4 Å². The molecule has 3 rings (SSSR count). The summed E-state index contributed by atoms with van der Waals surface area (Å²) in [6.07, 6.45) is -12.2. The summed E-state index contributed by atoms with van der Waals surface area (Å²) in [5.41, 5.74) is -8.99. The van der Waals surface area contributed by atoms with Gasteiger partial charge in [0.1, 0.15) is 16.7 Å². The summed E-state index contributed by atoms with van der Waals surface area (Å²) in [6, 6.07) is 0.409. The SMILES string of the molecule is CCc1nc(C(=O)NCC2(O)CCC(C)CC2)c(Cl)n1-c1c(F)cc(CC(O)(C(F)(F)F)C(F)(F)F)cc1F.O=S=O. The van der Waals surface area contributed by atoms with E-state index < -0.39 is 81.2 Å². The predicted molar refractivity (Wildman–Crippen MR) is 132 cm³/mol. The van der Waals surface area contributed by atoms with Crippen molar-refractivity contribution in [1.82, 2.24) is 14.9 Å². The molecule has 1 fully saturated rings. The Morgan fingerprint density at radius 3 is 2.02 bits per heavy atom. The Kier molecular flexibility index (Phi) is 11.3. The highest BCUT2D eigenvalue weighted by Gasteiger charge is 2.70. The van der Waals surface area contributed by atoms with E-state index in [9.17, 15) is 41.4 Å². The number of aromatic nitrogens is 2. The summed E-state index contributed by atoms with van der Waals surface area (Å²) in [6.45, 7) is 3.40. The van der Waals surface area contributed by atoms with Crippen LogP contribution in [-0.4, -0.2) is 64.2 Å². The number of imidazole rings is 1. The number of aryl methyl sites for hydroxylation is 1. The second kappa shape index (κ2) is 13.3. The molecule has 1 aromatic heterocycles. The number of benzene rings is 1. The molecule has 42 heavy (non-hydrogen) atoms. The van der Waals surface area contributed by atoms with E-state index in [1.54, 1.807) is 0 Å². The van der Waals surface area contributed by atoms with Gasteiger partial charge in [0.15, 0.2) is 17.3 Å². The smallest absolute Gasteiger partial charge is 0.388 e. The van der Waals surface area contributed by atoms with Crippen molar-refractivity contribution >= 4 is 29.1 Å². The number of carbonyl (C=O) groups is 1. The van der Waals surface area contributed by atoms with Crippen molar-refractivity contribution in [3.8, 4) is 5.69 Å². The molecule has 0 unspecified atom stereocenters. The van der Waals surface area contributed by atoms with Crippen molar-refractivity contribution in [2.24, 2.45) is 5.92 Å². The van der Waals surface area contributed by atoms with Crippen LogP contribution in [0, 0.1) is 17.6 Å². The molecule has 0 aliphatic heterocycles. The lowest BCUT2D eigenvalue weighted by atomic mass is 9.79. The molecule has 1 heterocycles. The molecule has 0 saturated heterocycles. The van der Waals surface area contributed by atoms with Crippen LogP contribution in [0.2, 0.25) is 5.15 Å². The normalized spacial score (nSPS) is 19.6. The summed E-state index contributed by atoms with van der Waals surface area (Å²) in [4.78, 5) is 16.8. The number of rotatable bonds is 7. The number of hydrogen-bond donors (Lipinski definition) is 3. The maximum absolute atomic E-state index is 15.0. The van der Waals surface area contributed by atoms with Gasteiger partial charge in [-0.1, -0.05) is 25.4 Å². The molecule has 3 N–H and O–H groups in total. The number of nitrogens with zero attached hydrogens (tertiary/aromatic N) is 2. The molecule has 0 bridgehead atoms. The molecule has 236 valence electrons. The molecule has 0 radical (unpaired) electrons. The highest BCUT2D eigenvalue weighted by molar-refractivity contribution is 7.51. The molecule has 0 spiro atoms. The van der Waals surface area contributed by atoms with Gasteiger partial charge < -0.3 is 15.5 Å². The van der Waals surface area contributed by atoms with Gasteiger partial charge in [0, 0.05) is 19.4 Å². The van der Waals surface area contributed by atoms with Crippen LogP contribution < -0.4 is 5.32 Å². The second-order valence-electron chi connectivity index (χ2n) is 9.95. The number of aliphatic hydroxyl groups is 2. The standard InChI is InChI=1S/C24H26ClF8N3O3.O2S/c1-3-16-35-17(20(37)34-11-21(38)6-4-12(2)5-7-21)19(25)36(16)18-14(26)8-13(9-15(18)27)10-22(39,23(28,29)30)24(31,32)33;1-3-2/h8-9,12,38-39H,3-7,10-11H2,1-2H3,(H,34,37);. The van der Waals surface area contributed by atoms with Gasteiger partial charge >= 0.3 is 23.9 Å². The zero-order chi connectivity index (χ0) is 32.3. The lowest BCUT2D eigenvalue weighted by Gasteiger charge is -2.34. The molecule has 1 amide bonds. The molecule has 8 nitrogen and oxygen atoms in total. The quantitative estimate of drug-likeness (QED) is 0.370. The minimum atomic E-state index is -6.19. The van der Waals surface area contributed by atoms with Crippen LogP contribution >= 0.6 is 11.6 Å². The molecular weight excluding hydrogens is 630 g/mol. The van der Waals surface area contributed by atoms with Gasteiger partial charge in [0.05, 0.1) is 5.60 Å². The molecule has 1 aromatic carbocycles. The van der Waals surface area contributed by atoms with Crippen LogP contribution in [0.25, 0.3) is 5.69 Å². The van der Waals surface area contributed by atoms with Gasteiger partial charge in [-0.2, -0.15) is 34.8 Å². The Morgan fingerprint density at radius 2 is 1.60 bits per heavy atom. The third kappa shape index (κ3) is 7.65. The van der Waals surface area contributed by atoms with Crippen LogP contribution in [0.5, 0.6) is 0 Å². The first-order valence-corrected chi connectivity index (χ1v) is 13.3. The van der Waals surface area contributed by atoms with Gasteiger partial charge in [0.25, 0.3) is 11.5 Å². The van der Waals surface area contributed by atoms with E-state index >= 15 is 8.78 Å². The maximum atomic E-state index is 15.0. The number of nitrogens with one attached hydrogen (secondary N) is 1. The zero-order valence-corrected chi connectivity index (χ0v) is 23.6. The lowest BCUT2D eigenvalue weighted by molar-refractivity contribution is -0.367. The Labute approximate surface area is 242 Å². The average Bonchev–Trinajstić information content (AvgIpc) is 3.19. The summed E-state index contributed by atoms with van der Waals surface area (Å²) in [5, 5.41) is 22.0. The van der Waals surface area contributed by atoms with Crippen LogP contribution in [-0.2, 0) is 24.4 Å². The highest BCUT2D eigenvalue weighted by Crippen LogP contribution is 2.45. The largest absolute Gasteiger partial charge is 0.426 e. The lowest BCUT2D eigenvalue weighted by Crippen LogP contribution is -2.58. The van der Waals surface area contributed by atoms with E-state index in [-0.39, 0.29) is 30.9 Å². The van der Waals surface area contributed by atoms with E-state index in [0.29, 0.717) is 23.3 Å². The van der Waals surface area contributed by atoms with Gasteiger partial charge in [-0.25, -0.2) is 13.8 Å². The van der Waals surface area contributed by atoms with E-state index in [0.717, 1.165) is 12.8 Å². The molecule has 2 aromatic rings. The summed E-state index contributed by atoms with van der Waals surface area (Å²) < 4.78 is 126. The maximum Gasteiger partial charge on any atom is 0.426 e. The number of alkyl halides is 6. The Morgan fingerprint density at radius 1 is 1.12 bits per heavy atom. The summed E-state index contributed by atoms with van der Waals surface area (Å²) >= 11 is 5.48. The van der Waals surface area contributed by atoms with Crippen molar-refractivity contribution in [1.29, 1.82) is 0 Å². The van der Waals surface area contributed by atoms with Crippen LogP contribution in [0.15, 0.2) is 12.1 Å². The first kappa shape index (κ1) is 35.6. The second-order valence-corrected chi connectivity index (χ2v) is 10.4. The average molecular weight is 656 g/mol. The van der Waals surface area contributed by atoms with Gasteiger partial charge in [-0.3, -0.25) is 9.36 Å². The number of halogens is 9. The molecular formula is C24H26ClF8N3O5S. The van der Waals surface area contributed by atoms with Crippen molar-refractivity contribution < 1.29 is 58.5 Å². The zero-order valence-electron chi connectivity index (χ0n) is 22.0. The van der Waals surface area contributed by atoms with Crippen LogP contribution in [0.3, 0.4) is 0 Å². The third-order valence-electron chi connectivity index (χ3n) is 6.90. The Hall–Kier alpha value is -2.63. The molecule has 0 atom stereocenters. The monoisotopic (exact) mass is 655 g/mol. The number of carbonyl (C=O) groups excluding carboxylic acids is 1. The van der Waals surface area contributed by atoms with E-state index in [2.05, 4.69) is 10.3 Å². The third-order valence-corrected chi connectivity index (χ3v) is 7.25. The molecule has 1 aliphatic carbocycles. The Bertz CT molecular complexity index is 1280. The molecule has 1 aliphatic rings. The van der Waals surface area contributed by atoms with Crippen molar-refractivity contribution in [3.63, 3.8) is 0 Å². The fourth-order valence-electron chi connectivity index (χ4n) is 4.45. The topological polar surface area (TPSA) is 122 Å². The number of hydrogen-bond acceptors (Lipinski definition) is 6. The van der Waals surface area contributed by atoms with Gasteiger partial charge in [0.2, 0.25) is 0 Å². The summed E-state index contributed by atoms with van der Waals surface area (Å²) in [7, 11) is 0. The fourth-order valence-corrected chi connectivity index (χ4v) is 4.76. The van der Waals surface area contributed by atoms with E-state index in [1.807, 2.05) is 6.92 Å². The minimum Gasteiger partial charge on any atom is -0.388 e. The summed E-state index contributed by atoms with van der Waals surface area (Å²) in [5.74, 6) is -3.79. The fraction of sp³-hybridized carbons (Fsp3) is 0.583. The Balaban J connectivity index is 0.00000197. The number of amides is 1. The van der Waals surface area contributed by atoms with Gasteiger partial charge in [-0.15, -0.1) is 0 Å². The first-order valence-electron chi connectivity index (χ1n) is 12.3. The molecule has 18 heteroatoms. The van der Waals surface area contributed by atoms with E-state index in [4.69, 9.17) is 20.0 Å². The molecule has 1 saturated carbocycles. The van der Waals surface area contributed by atoms with Crippen molar-refractivity contribution in [3.05, 3.63) is 46.0 Å². The van der Waals surface area contributed by atoms with Crippen molar-refractivity contribution in [2.45, 2.75) is 75.9 Å². The predicted octanol–water partition coefficient (Wildman–Crippen LogP) is 4.77.